The molecule has 1 saturated carbocycles. The molecule has 0 radical (unpaired) electrons. The smallest absolute Gasteiger partial charge is 0.339 e. The largest absolute Gasteiger partial charge is 0.396 e. The van der Waals surface area contributed by atoms with Crippen molar-refractivity contribution in [2.45, 2.75) is 39.8 Å². The van der Waals surface area contributed by atoms with Gasteiger partial charge >= 0.3 is 12.2 Å². The highest BCUT2D eigenvalue weighted by Gasteiger charge is 2.63. The Morgan fingerprint density at radius 3 is 1.87 bits per heavy atom. The van der Waals surface area contributed by atoms with E-state index in [1.165, 1.54) is 4.90 Å². The number of amides is 3. The molecule has 0 aromatic heterocycles. The van der Waals surface area contributed by atoms with Crippen LogP contribution in [0, 0.1) is 10.8 Å². The predicted octanol–water partition coefficient (Wildman–Crippen LogP) is 2.23. The minimum Gasteiger partial charge on any atom is -0.339 e. The average molecular weight is 335 g/mol. The lowest BCUT2D eigenvalue weighted by Crippen LogP contribution is -2.55. The SMILES string of the molecule is CC(C)(C)C(=O)N1CCN(C(=O)NCC2(C(F)(F)F)CC2)CC1. The van der Waals surface area contributed by atoms with Crippen LogP contribution in [-0.2, 0) is 4.79 Å². The number of carbonyl (C=O) groups is 2. The number of hydrogen-bond acceptors (Lipinski definition) is 2. The van der Waals surface area contributed by atoms with Crippen LogP contribution in [0.25, 0.3) is 0 Å². The van der Waals surface area contributed by atoms with Crippen molar-refractivity contribution in [1.82, 2.24) is 15.1 Å². The molecule has 0 atom stereocenters. The number of nitrogens with zero attached hydrogens (tertiary/aromatic N) is 2. The first kappa shape index (κ1) is 17.9. The number of piperazine rings is 1. The van der Waals surface area contributed by atoms with Crippen LogP contribution in [0.1, 0.15) is 33.6 Å². The van der Waals surface area contributed by atoms with E-state index in [9.17, 15) is 22.8 Å². The Balaban J connectivity index is 1.80. The molecule has 0 aromatic rings. The van der Waals surface area contributed by atoms with Crippen LogP contribution in [0.5, 0.6) is 0 Å². The molecule has 1 aliphatic heterocycles. The lowest BCUT2D eigenvalue weighted by atomic mass is 9.94. The Morgan fingerprint density at radius 1 is 1.00 bits per heavy atom. The van der Waals surface area contributed by atoms with Gasteiger partial charge in [0.15, 0.2) is 0 Å². The first-order valence-corrected chi connectivity index (χ1v) is 7.85. The van der Waals surface area contributed by atoms with Crippen molar-refractivity contribution in [3.05, 3.63) is 0 Å². The quantitative estimate of drug-likeness (QED) is 0.841. The van der Waals surface area contributed by atoms with Gasteiger partial charge in [0.2, 0.25) is 5.91 Å². The second kappa shape index (κ2) is 5.87. The topological polar surface area (TPSA) is 52.7 Å². The lowest BCUT2D eigenvalue weighted by Gasteiger charge is -2.37. The van der Waals surface area contributed by atoms with E-state index in [0.717, 1.165) is 0 Å². The van der Waals surface area contributed by atoms with Crippen LogP contribution in [0.4, 0.5) is 18.0 Å². The number of urea groups is 1. The molecule has 132 valence electrons. The monoisotopic (exact) mass is 335 g/mol. The number of rotatable bonds is 2. The van der Waals surface area contributed by atoms with Crippen LogP contribution in [0.3, 0.4) is 0 Å². The third-order valence-electron chi connectivity index (χ3n) is 4.53. The molecular weight excluding hydrogens is 311 g/mol. The molecule has 2 rings (SSSR count). The fourth-order valence-corrected chi connectivity index (χ4v) is 2.65. The first-order valence-electron chi connectivity index (χ1n) is 7.85. The molecule has 0 aromatic carbocycles. The van der Waals surface area contributed by atoms with E-state index >= 15 is 0 Å². The summed E-state index contributed by atoms with van der Waals surface area (Å²) in [6, 6.07) is -0.483. The van der Waals surface area contributed by atoms with Gasteiger partial charge < -0.3 is 15.1 Å². The lowest BCUT2D eigenvalue weighted by molar-refractivity contribution is -0.184. The molecule has 1 aliphatic carbocycles. The van der Waals surface area contributed by atoms with Crippen molar-refractivity contribution >= 4 is 11.9 Å². The van der Waals surface area contributed by atoms with Crippen LogP contribution in [0.2, 0.25) is 0 Å². The Kier molecular flexibility index (Phi) is 4.56. The zero-order chi connectivity index (χ0) is 17.5. The number of carbonyl (C=O) groups excluding carboxylic acids is 2. The Labute approximate surface area is 134 Å². The minimum atomic E-state index is -4.27. The maximum Gasteiger partial charge on any atom is 0.396 e. The van der Waals surface area contributed by atoms with E-state index in [1.54, 1.807) is 4.90 Å². The maximum absolute atomic E-state index is 12.8. The van der Waals surface area contributed by atoms with E-state index in [4.69, 9.17) is 0 Å². The summed E-state index contributed by atoms with van der Waals surface area (Å²) < 4.78 is 38.5. The maximum atomic E-state index is 12.8. The van der Waals surface area contributed by atoms with E-state index in [2.05, 4.69) is 5.32 Å². The van der Waals surface area contributed by atoms with E-state index in [-0.39, 0.29) is 25.3 Å². The molecule has 5 nitrogen and oxygen atoms in total. The summed E-state index contributed by atoms with van der Waals surface area (Å²) >= 11 is 0. The van der Waals surface area contributed by atoms with Gasteiger partial charge in [-0.1, -0.05) is 20.8 Å². The molecule has 23 heavy (non-hydrogen) atoms. The molecule has 0 spiro atoms. The summed E-state index contributed by atoms with van der Waals surface area (Å²) in [5.41, 5.74) is -2.21. The van der Waals surface area contributed by atoms with Crippen molar-refractivity contribution in [2.75, 3.05) is 32.7 Å². The Morgan fingerprint density at radius 2 is 1.48 bits per heavy atom. The molecule has 1 N–H and O–H groups in total. The van der Waals surface area contributed by atoms with E-state index < -0.39 is 23.0 Å². The van der Waals surface area contributed by atoms with Crippen molar-refractivity contribution in [2.24, 2.45) is 10.8 Å². The minimum absolute atomic E-state index is 0.0200. The van der Waals surface area contributed by atoms with Gasteiger partial charge in [0.25, 0.3) is 0 Å². The van der Waals surface area contributed by atoms with Crippen LogP contribution in [-0.4, -0.2) is 60.6 Å². The molecule has 3 amide bonds. The summed E-state index contributed by atoms with van der Waals surface area (Å²) in [6.07, 6.45) is -4.12. The van der Waals surface area contributed by atoms with Gasteiger partial charge in [-0.15, -0.1) is 0 Å². The summed E-state index contributed by atoms with van der Waals surface area (Å²) in [4.78, 5) is 27.3. The molecular formula is C15H24F3N3O2. The standard InChI is InChI=1S/C15H24F3N3O2/c1-13(2,3)11(22)20-6-8-21(9-7-20)12(23)19-10-14(4-5-14)15(16,17)18/h4-10H2,1-3H3,(H,19,23). The third-order valence-corrected chi connectivity index (χ3v) is 4.53. The van der Waals surface area contributed by atoms with Gasteiger partial charge in [0.05, 0.1) is 5.41 Å². The fraction of sp³-hybridized carbons (Fsp3) is 0.867. The normalized spacial score (nSPS) is 21.1. The zero-order valence-corrected chi connectivity index (χ0v) is 13.8. The second-order valence-electron chi connectivity index (χ2n) is 7.47. The van der Waals surface area contributed by atoms with Crippen molar-refractivity contribution in [3.8, 4) is 0 Å². The number of alkyl halides is 3. The highest BCUT2D eigenvalue weighted by atomic mass is 19.4. The van der Waals surface area contributed by atoms with Crippen LogP contribution >= 0.6 is 0 Å². The summed E-state index contributed by atoms with van der Waals surface area (Å²) in [7, 11) is 0. The van der Waals surface area contributed by atoms with Gasteiger partial charge in [-0.3, -0.25) is 4.79 Å². The van der Waals surface area contributed by atoms with Gasteiger partial charge in [-0.25, -0.2) is 4.79 Å². The highest BCUT2D eigenvalue weighted by molar-refractivity contribution is 5.82. The van der Waals surface area contributed by atoms with Gasteiger partial charge in [0, 0.05) is 38.1 Å². The van der Waals surface area contributed by atoms with E-state index in [1.807, 2.05) is 20.8 Å². The van der Waals surface area contributed by atoms with Crippen molar-refractivity contribution < 1.29 is 22.8 Å². The summed E-state index contributed by atoms with van der Waals surface area (Å²) in [5.74, 6) is 0.0200. The Hall–Kier alpha value is -1.47. The molecule has 0 bridgehead atoms. The molecule has 1 heterocycles. The van der Waals surface area contributed by atoms with Crippen LogP contribution in [0.15, 0.2) is 0 Å². The Bertz CT molecular complexity index is 473. The van der Waals surface area contributed by atoms with Crippen molar-refractivity contribution in [1.29, 1.82) is 0 Å². The van der Waals surface area contributed by atoms with Gasteiger partial charge in [-0.05, 0) is 12.8 Å². The van der Waals surface area contributed by atoms with Gasteiger partial charge in [0.1, 0.15) is 0 Å². The predicted molar refractivity (Wildman–Crippen MR) is 78.7 cm³/mol. The second-order valence-corrected chi connectivity index (χ2v) is 7.47. The fourth-order valence-electron chi connectivity index (χ4n) is 2.65. The molecule has 0 unspecified atom stereocenters. The average Bonchev–Trinajstić information content (AvgIpc) is 3.24. The van der Waals surface area contributed by atoms with E-state index in [0.29, 0.717) is 26.2 Å². The van der Waals surface area contributed by atoms with Crippen molar-refractivity contribution in [3.63, 3.8) is 0 Å². The molecule has 2 fully saturated rings. The summed E-state index contributed by atoms with van der Waals surface area (Å²) in [5, 5.41) is 2.40. The van der Waals surface area contributed by atoms with Crippen LogP contribution < -0.4 is 5.32 Å². The first-order chi connectivity index (χ1) is 10.5. The number of nitrogens with one attached hydrogen (secondary N) is 1. The molecule has 8 heteroatoms. The highest BCUT2D eigenvalue weighted by Crippen LogP contribution is 2.57. The number of hydrogen-bond donors (Lipinski definition) is 1. The number of halogens is 3. The third kappa shape index (κ3) is 3.90. The molecule has 2 aliphatic rings. The van der Waals surface area contributed by atoms with Gasteiger partial charge in [-0.2, -0.15) is 13.2 Å². The molecule has 1 saturated heterocycles. The summed E-state index contributed by atoms with van der Waals surface area (Å²) in [6.45, 7) is 6.64. The zero-order valence-electron chi connectivity index (χ0n) is 13.8.